The van der Waals surface area contributed by atoms with Crippen molar-refractivity contribution in [1.82, 2.24) is 0 Å². The molecule has 1 N–H and O–H groups in total. The molecule has 126 valence electrons. The number of hydrogen-bond donors (Lipinski definition) is 1. The maximum absolute atomic E-state index is 10.7. The highest BCUT2D eigenvalue weighted by molar-refractivity contribution is 6.51. The highest BCUT2D eigenvalue weighted by Gasteiger charge is 2.50. The van der Waals surface area contributed by atoms with Gasteiger partial charge in [0.05, 0.1) is 17.3 Å². The molecule has 1 saturated heterocycles. The summed E-state index contributed by atoms with van der Waals surface area (Å²) < 4.78 is 12.0. The van der Waals surface area contributed by atoms with Crippen LogP contribution in [0.4, 0.5) is 0 Å². The first kappa shape index (κ1) is 18.2. The van der Waals surface area contributed by atoms with Gasteiger partial charge in [-0.3, -0.25) is 0 Å². The molecule has 0 radical (unpaired) electrons. The van der Waals surface area contributed by atoms with E-state index in [0.29, 0.717) is 5.92 Å². The molecule has 1 fully saturated rings. The van der Waals surface area contributed by atoms with Crippen molar-refractivity contribution in [2.24, 2.45) is 11.8 Å². The van der Waals surface area contributed by atoms with Gasteiger partial charge in [0.15, 0.2) is 0 Å². The van der Waals surface area contributed by atoms with Gasteiger partial charge in [-0.2, -0.15) is 0 Å². The largest absolute Gasteiger partial charge is 0.486 e. The van der Waals surface area contributed by atoms with E-state index in [4.69, 9.17) is 9.31 Å². The molecule has 0 saturated carbocycles. The van der Waals surface area contributed by atoms with Crippen LogP contribution < -0.4 is 0 Å². The van der Waals surface area contributed by atoms with E-state index in [1.807, 2.05) is 70.1 Å². The van der Waals surface area contributed by atoms with Crippen molar-refractivity contribution in [2.75, 3.05) is 0 Å². The Morgan fingerprint density at radius 3 is 2.00 bits per heavy atom. The molecule has 0 amide bonds. The Balaban J connectivity index is 2.12. The Labute approximate surface area is 140 Å². The minimum atomic E-state index is -0.533. The van der Waals surface area contributed by atoms with Gasteiger partial charge in [-0.15, -0.1) is 0 Å². The summed E-state index contributed by atoms with van der Waals surface area (Å²) in [6.45, 7) is 12.4. The fraction of sp³-hybridized carbons (Fsp3) is 0.579. The molecule has 2 atom stereocenters. The van der Waals surface area contributed by atoms with Gasteiger partial charge in [-0.05, 0) is 39.2 Å². The lowest BCUT2D eigenvalue weighted by atomic mass is 9.81. The van der Waals surface area contributed by atoms with Gasteiger partial charge in [0.2, 0.25) is 0 Å². The Morgan fingerprint density at radius 2 is 1.52 bits per heavy atom. The van der Waals surface area contributed by atoms with Crippen LogP contribution >= 0.6 is 0 Å². The van der Waals surface area contributed by atoms with E-state index in [-0.39, 0.29) is 24.2 Å². The molecular weight excluding hydrogens is 287 g/mol. The van der Waals surface area contributed by atoms with Crippen molar-refractivity contribution < 1.29 is 14.4 Å². The van der Waals surface area contributed by atoms with E-state index in [9.17, 15) is 5.11 Å². The maximum Gasteiger partial charge on any atom is 0.486 e. The Kier molecular flexibility index (Phi) is 5.39. The van der Waals surface area contributed by atoms with E-state index in [2.05, 4.69) is 13.8 Å². The third-order valence-electron chi connectivity index (χ3n) is 5.04. The number of aliphatic hydroxyl groups excluding tert-OH is 1. The molecule has 1 aromatic carbocycles. The molecule has 1 heterocycles. The molecule has 0 unspecified atom stereocenters. The lowest BCUT2D eigenvalue weighted by Crippen LogP contribution is -2.41. The summed E-state index contributed by atoms with van der Waals surface area (Å²) in [5, 5.41) is 10.7. The lowest BCUT2D eigenvalue weighted by molar-refractivity contribution is 0.00578. The van der Waals surface area contributed by atoms with Crippen molar-refractivity contribution in [3.63, 3.8) is 0 Å². The van der Waals surface area contributed by atoms with E-state index < -0.39 is 6.10 Å². The van der Waals surface area contributed by atoms with Crippen LogP contribution in [0.3, 0.4) is 0 Å². The first-order chi connectivity index (χ1) is 10.6. The van der Waals surface area contributed by atoms with Crippen molar-refractivity contribution >= 4 is 7.12 Å². The third kappa shape index (κ3) is 4.06. The normalized spacial score (nSPS) is 22.7. The van der Waals surface area contributed by atoms with Gasteiger partial charge in [-0.1, -0.05) is 56.2 Å². The molecule has 0 bridgehead atoms. The second kappa shape index (κ2) is 6.80. The van der Waals surface area contributed by atoms with E-state index in [1.165, 1.54) is 0 Å². The van der Waals surface area contributed by atoms with Crippen molar-refractivity contribution in [3.05, 3.63) is 47.9 Å². The zero-order valence-corrected chi connectivity index (χ0v) is 15.1. The molecule has 3 nitrogen and oxygen atoms in total. The monoisotopic (exact) mass is 316 g/mol. The maximum atomic E-state index is 10.7. The first-order valence-corrected chi connectivity index (χ1v) is 8.41. The van der Waals surface area contributed by atoms with Crippen LogP contribution in [0.15, 0.2) is 42.4 Å². The Bertz CT molecular complexity index is 521. The summed E-state index contributed by atoms with van der Waals surface area (Å²) in [5.74, 6) is 2.26. The zero-order valence-electron chi connectivity index (χ0n) is 15.1. The topological polar surface area (TPSA) is 38.7 Å². The van der Waals surface area contributed by atoms with Crippen LogP contribution in [0, 0.1) is 11.8 Å². The summed E-state index contributed by atoms with van der Waals surface area (Å²) in [4.78, 5) is 0. The summed E-state index contributed by atoms with van der Waals surface area (Å²) in [6.07, 6.45) is 1.50. The second-order valence-electron chi connectivity index (χ2n) is 7.69. The molecule has 0 spiro atoms. The minimum absolute atomic E-state index is 0.0106. The molecule has 2 rings (SSSR count). The van der Waals surface area contributed by atoms with Gasteiger partial charge in [0.1, 0.15) is 0 Å². The Morgan fingerprint density at radius 1 is 1.00 bits per heavy atom. The molecule has 1 aliphatic heterocycles. The van der Waals surface area contributed by atoms with E-state index in [1.54, 1.807) is 0 Å². The summed E-state index contributed by atoms with van der Waals surface area (Å²) in [5.41, 5.74) is 0.255. The van der Waals surface area contributed by atoms with Crippen LogP contribution in [0.2, 0.25) is 0 Å². The van der Waals surface area contributed by atoms with Crippen LogP contribution in [0.25, 0.3) is 0 Å². The standard InChI is InChI=1S/C19H29BO3/c1-14(2)16(17(21)15-10-8-7-9-11-15)12-13-20-22-18(3,4)19(5,6)23-20/h7-14,16-17,21H,1-6H3/b13-12+/t16-,17-/m0/s1. The zero-order chi connectivity index (χ0) is 17.3. The van der Waals surface area contributed by atoms with Gasteiger partial charge >= 0.3 is 7.12 Å². The Hall–Kier alpha value is -1.10. The van der Waals surface area contributed by atoms with E-state index >= 15 is 0 Å². The number of aliphatic hydroxyl groups is 1. The van der Waals surface area contributed by atoms with Crippen LogP contribution in [-0.2, 0) is 9.31 Å². The first-order valence-electron chi connectivity index (χ1n) is 8.41. The average molecular weight is 316 g/mol. The van der Waals surface area contributed by atoms with Gasteiger partial charge < -0.3 is 14.4 Å². The van der Waals surface area contributed by atoms with Gasteiger partial charge in [-0.25, -0.2) is 0 Å². The summed E-state index contributed by atoms with van der Waals surface area (Å²) in [7, 11) is -0.371. The number of benzene rings is 1. The van der Waals surface area contributed by atoms with Crippen molar-refractivity contribution in [2.45, 2.75) is 58.8 Å². The predicted molar refractivity (Wildman–Crippen MR) is 95.0 cm³/mol. The molecule has 1 aliphatic rings. The average Bonchev–Trinajstić information content (AvgIpc) is 2.67. The quantitative estimate of drug-likeness (QED) is 0.828. The SMILES string of the molecule is CC(C)[C@H](/C=C/B1OC(C)(C)C(C)(C)O1)[C@@H](O)c1ccccc1. The number of rotatable bonds is 5. The smallest absolute Gasteiger partial charge is 0.400 e. The summed E-state index contributed by atoms with van der Waals surface area (Å²) >= 11 is 0. The fourth-order valence-electron chi connectivity index (χ4n) is 2.75. The molecular formula is C19H29BO3. The van der Waals surface area contributed by atoms with Gasteiger partial charge in [0.25, 0.3) is 0 Å². The minimum Gasteiger partial charge on any atom is -0.400 e. The number of hydrogen-bond acceptors (Lipinski definition) is 3. The highest BCUT2D eigenvalue weighted by Crippen LogP contribution is 2.37. The molecule has 0 aliphatic carbocycles. The van der Waals surface area contributed by atoms with Crippen LogP contribution in [0.5, 0.6) is 0 Å². The molecule has 1 aromatic rings. The summed E-state index contributed by atoms with van der Waals surface area (Å²) in [6, 6.07) is 9.79. The predicted octanol–water partition coefficient (Wildman–Crippen LogP) is 4.18. The van der Waals surface area contributed by atoms with Crippen molar-refractivity contribution in [3.8, 4) is 0 Å². The van der Waals surface area contributed by atoms with Gasteiger partial charge in [0, 0.05) is 5.92 Å². The third-order valence-corrected chi connectivity index (χ3v) is 5.04. The molecule has 23 heavy (non-hydrogen) atoms. The lowest BCUT2D eigenvalue weighted by Gasteiger charge is -2.32. The van der Waals surface area contributed by atoms with Crippen LogP contribution in [-0.4, -0.2) is 23.4 Å². The highest BCUT2D eigenvalue weighted by atomic mass is 16.7. The molecule has 4 heteroatoms. The van der Waals surface area contributed by atoms with E-state index in [0.717, 1.165) is 5.56 Å². The fourth-order valence-corrected chi connectivity index (χ4v) is 2.75. The second-order valence-corrected chi connectivity index (χ2v) is 7.69. The molecule has 0 aromatic heterocycles. The van der Waals surface area contributed by atoms with Crippen LogP contribution in [0.1, 0.15) is 53.2 Å². The van der Waals surface area contributed by atoms with Crippen molar-refractivity contribution in [1.29, 1.82) is 0 Å².